The van der Waals surface area contributed by atoms with Gasteiger partial charge >= 0.3 is 0 Å². The molecule has 7 heteroatoms. The van der Waals surface area contributed by atoms with E-state index in [9.17, 15) is 14.7 Å². The molecular formula is C38H51N3O3S. The number of aromatic nitrogens is 2. The maximum absolute atomic E-state index is 13.2. The molecule has 3 aliphatic rings. The first-order chi connectivity index (χ1) is 21.8. The molecule has 1 aliphatic heterocycles. The first kappa shape index (κ1) is 33.7. The molecule has 1 saturated carbocycles. The van der Waals surface area contributed by atoms with Crippen LogP contribution < -0.4 is 0 Å². The Labute approximate surface area is 274 Å². The highest BCUT2D eigenvalue weighted by Gasteiger charge is 2.32. The van der Waals surface area contributed by atoms with Crippen molar-refractivity contribution in [3.8, 4) is 0 Å². The van der Waals surface area contributed by atoms with Crippen molar-refractivity contribution in [2.45, 2.75) is 102 Å². The zero-order valence-electron chi connectivity index (χ0n) is 27.4. The second-order valence-electron chi connectivity index (χ2n) is 13.4. The van der Waals surface area contributed by atoms with Crippen LogP contribution in [0.25, 0.3) is 6.08 Å². The number of aliphatic hydroxyl groups excluding tert-OH is 1. The lowest BCUT2D eigenvalue weighted by Gasteiger charge is -2.31. The van der Waals surface area contributed by atoms with E-state index in [-0.39, 0.29) is 35.4 Å². The normalized spacial score (nSPS) is 26.9. The minimum atomic E-state index is -0.280. The van der Waals surface area contributed by atoms with Crippen LogP contribution in [0.5, 0.6) is 0 Å². The van der Waals surface area contributed by atoms with Gasteiger partial charge in [-0.15, -0.1) is 0 Å². The number of hydrogen-bond acceptors (Lipinski definition) is 7. The molecule has 6 nitrogen and oxygen atoms in total. The van der Waals surface area contributed by atoms with Crippen LogP contribution in [0.15, 0.2) is 49.2 Å². The number of carbonyl (C=O) groups excluding carboxylic acids is 2. The zero-order chi connectivity index (χ0) is 31.9. The first-order valence-electron chi connectivity index (χ1n) is 17.1. The second kappa shape index (κ2) is 15.8. The number of fused-ring (bicyclic) bond motifs is 1. The highest BCUT2D eigenvalue weighted by molar-refractivity contribution is 7.98. The van der Waals surface area contributed by atoms with E-state index in [1.54, 1.807) is 17.8 Å². The molecule has 0 radical (unpaired) electrons. The maximum atomic E-state index is 13.2. The Morgan fingerprint density at radius 2 is 1.91 bits per heavy atom. The summed E-state index contributed by atoms with van der Waals surface area (Å²) in [6, 6.07) is 9.30. The molecule has 242 valence electrons. The van der Waals surface area contributed by atoms with E-state index in [4.69, 9.17) is 9.97 Å². The summed E-state index contributed by atoms with van der Waals surface area (Å²) >= 11 is 1.73. The summed E-state index contributed by atoms with van der Waals surface area (Å²) in [4.78, 5) is 37.9. The third-order valence-corrected chi connectivity index (χ3v) is 11.4. The first-order valence-corrected chi connectivity index (χ1v) is 18.5. The number of rotatable bonds is 12. The molecule has 2 heterocycles. The van der Waals surface area contributed by atoms with Gasteiger partial charge in [0, 0.05) is 35.4 Å². The summed E-state index contributed by atoms with van der Waals surface area (Å²) in [7, 11) is 0. The second-order valence-corrected chi connectivity index (χ2v) is 14.4. The van der Waals surface area contributed by atoms with Gasteiger partial charge in [-0.25, -0.2) is 9.97 Å². The van der Waals surface area contributed by atoms with Crippen LogP contribution in [0, 0.1) is 11.8 Å². The molecule has 1 aromatic heterocycles. The van der Waals surface area contributed by atoms with Gasteiger partial charge in [0.15, 0.2) is 11.6 Å². The number of likely N-dealkylation sites (tertiary alicyclic amines) is 1. The number of aliphatic hydroxyl groups is 1. The molecular weight excluding hydrogens is 579 g/mol. The van der Waals surface area contributed by atoms with Crippen molar-refractivity contribution < 1.29 is 14.7 Å². The van der Waals surface area contributed by atoms with Crippen LogP contribution in [0.2, 0.25) is 0 Å². The van der Waals surface area contributed by atoms with Crippen molar-refractivity contribution in [2.75, 3.05) is 25.1 Å². The monoisotopic (exact) mass is 629 g/mol. The predicted octanol–water partition coefficient (Wildman–Crippen LogP) is 7.33. The fraction of sp³-hybridized carbons (Fsp3) is 0.579. The average molecular weight is 630 g/mol. The van der Waals surface area contributed by atoms with Crippen molar-refractivity contribution in [2.24, 2.45) is 11.8 Å². The molecule has 2 aromatic rings. The topological polar surface area (TPSA) is 83.4 Å². The van der Waals surface area contributed by atoms with Gasteiger partial charge in [-0.2, -0.15) is 11.8 Å². The lowest BCUT2D eigenvalue weighted by atomic mass is 9.76. The van der Waals surface area contributed by atoms with Crippen LogP contribution in [0.1, 0.15) is 118 Å². The number of thioether (sulfide) groups is 1. The van der Waals surface area contributed by atoms with E-state index in [2.05, 4.69) is 55.8 Å². The number of ketones is 2. The van der Waals surface area contributed by atoms with Gasteiger partial charge < -0.3 is 10.0 Å². The van der Waals surface area contributed by atoms with Gasteiger partial charge in [-0.1, -0.05) is 44.7 Å². The van der Waals surface area contributed by atoms with E-state index >= 15 is 0 Å². The molecule has 2 aliphatic carbocycles. The van der Waals surface area contributed by atoms with E-state index in [0.29, 0.717) is 24.3 Å². The number of benzene rings is 1. The summed E-state index contributed by atoms with van der Waals surface area (Å²) in [6.45, 7) is 9.81. The van der Waals surface area contributed by atoms with Crippen LogP contribution in [0.3, 0.4) is 0 Å². The van der Waals surface area contributed by atoms with Gasteiger partial charge in [0.2, 0.25) is 0 Å². The van der Waals surface area contributed by atoms with Crippen molar-refractivity contribution in [3.63, 3.8) is 0 Å². The van der Waals surface area contributed by atoms with Crippen LogP contribution in [-0.2, 0) is 9.59 Å². The van der Waals surface area contributed by atoms with Crippen LogP contribution >= 0.6 is 11.8 Å². The molecule has 1 N–H and O–H groups in total. The Balaban J connectivity index is 1.25. The zero-order valence-corrected chi connectivity index (χ0v) is 28.2. The highest BCUT2D eigenvalue weighted by Crippen LogP contribution is 2.38. The molecule has 5 atom stereocenters. The molecule has 1 aromatic carbocycles. The van der Waals surface area contributed by atoms with E-state index in [0.717, 1.165) is 87.3 Å². The minimum absolute atomic E-state index is 0.0119. The fourth-order valence-corrected chi connectivity index (χ4v) is 8.46. The minimum Gasteiger partial charge on any atom is -0.392 e. The Hall–Kier alpha value is -2.61. The number of carbonyl (C=O) groups is 2. The third-order valence-electron chi connectivity index (χ3n) is 10.8. The predicted molar refractivity (Wildman–Crippen MR) is 185 cm³/mol. The van der Waals surface area contributed by atoms with E-state index < -0.39 is 0 Å². The largest absolute Gasteiger partial charge is 0.392 e. The maximum Gasteiger partial charge on any atom is 0.164 e. The quantitative estimate of drug-likeness (QED) is 0.246. The molecule has 3 unspecified atom stereocenters. The SMILES string of the molecule is C=CC(=O)C1CCCN(CCC2C(=O)C=Cc3cnc([C@@H](C)c4ccc(C5CCC(C(O)CSC)CC5)cc4)nc32)[C@@H](CC)C1. The van der Waals surface area contributed by atoms with Gasteiger partial charge in [0.1, 0.15) is 5.82 Å². The van der Waals surface area contributed by atoms with E-state index in [1.807, 2.05) is 12.3 Å². The number of hydrogen-bond donors (Lipinski definition) is 1. The summed E-state index contributed by atoms with van der Waals surface area (Å²) in [5, 5.41) is 10.4. The Kier molecular flexibility index (Phi) is 11.8. The number of nitrogens with zero attached hydrogens (tertiary/aromatic N) is 3. The Bertz CT molecular complexity index is 1350. The molecule has 5 rings (SSSR count). The Morgan fingerprint density at radius 1 is 1.16 bits per heavy atom. The lowest BCUT2D eigenvalue weighted by Crippen LogP contribution is -2.37. The summed E-state index contributed by atoms with van der Waals surface area (Å²) in [6.07, 6.45) is 17.7. The fourth-order valence-electron chi connectivity index (χ4n) is 7.84. The number of allylic oxidation sites excluding steroid dienone is 2. The molecule has 0 amide bonds. The van der Waals surface area contributed by atoms with Gasteiger partial charge in [0.25, 0.3) is 0 Å². The highest BCUT2D eigenvalue weighted by atomic mass is 32.2. The molecule has 1 saturated heterocycles. The summed E-state index contributed by atoms with van der Waals surface area (Å²) in [5.41, 5.74) is 4.34. The third kappa shape index (κ3) is 8.04. The van der Waals surface area contributed by atoms with Crippen molar-refractivity contribution in [1.29, 1.82) is 0 Å². The summed E-state index contributed by atoms with van der Waals surface area (Å²) in [5.74, 6) is 2.63. The molecule has 2 fully saturated rings. The van der Waals surface area contributed by atoms with Gasteiger partial charge in [-0.05, 0) is 118 Å². The van der Waals surface area contributed by atoms with Gasteiger partial charge in [0.05, 0.1) is 17.7 Å². The molecule has 0 bridgehead atoms. The van der Waals surface area contributed by atoms with Crippen molar-refractivity contribution in [1.82, 2.24) is 14.9 Å². The molecule has 45 heavy (non-hydrogen) atoms. The van der Waals surface area contributed by atoms with E-state index in [1.165, 1.54) is 17.2 Å². The van der Waals surface area contributed by atoms with Crippen molar-refractivity contribution in [3.05, 3.63) is 77.4 Å². The molecule has 0 spiro atoms. The average Bonchev–Trinajstić information content (AvgIpc) is 3.29. The Morgan fingerprint density at radius 3 is 2.60 bits per heavy atom. The van der Waals surface area contributed by atoms with Gasteiger partial charge in [-0.3, -0.25) is 9.59 Å². The smallest absolute Gasteiger partial charge is 0.164 e. The van der Waals surface area contributed by atoms with Crippen LogP contribution in [-0.4, -0.2) is 68.8 Å². The van der Waals surface area contributed by atoms with Crippen molar-refractivity contribution >= 4 is 29.4 Å². The standard InChI is InChI=1S/C38H51N3O3S/c1-5-32-22-30(34(42)6-2)8-7-20-41(32)21-19-33-35(43)18-17-31-23-39-38(40-37(31)33)25(3)26-9-11-27(12-10-26)28-13-15-29(16-14-28)36(44)24-45-4/h6,9-12,17-18,23,25,28-30,32-33,36,44H,2,5,7-8,13-16,19-22,24H2,1,3-4H3/t25-,28?,29?,30?,32-,33?,36?/m0/s1. The summed E-state index contributed by atoms with van der Waals surface area (Å²) < 4.78 is 0. The lowest BCUT2D eigenvalue weighted by molar-refractivity contribution is -0.118. The van der Waals surface area contributed by atoms with Crippen LogP contribution in [0.4, 0.5) is 0 Å².